The van der Waals surface area contributed by atoms with Crippen molar-refractivity contribution in [1.82, 2.24) is 14.2 Å². The first-order valence-corrected chi connectivity index (χ1v) is 12.8. The van der Waals surface area contributed by atoms with Crippen molar-refractivity contribution < 1.29 is 17.9 Å². The summed E-state index contributed by atoms with van der Waals surface area (Å²) in [6.45, 7) is 2.93. The molecular weight excluding hydrogens is 446 g/mol. The maximum atomic E-state index is 13.1. The van der Waals surface area contributed by atoms with Gasteiger partial charge in [-0.05, 0) is 43.9 Å². The summed E-state index contributed by atoms with van der Waals surface area (Å²) < 4.78 is 39.0. The number of hydrogen-bond acceptors (Lipinski definition) is 7. The highest BCUT2D eigenvalue weighted by Crippen LogP contribution is 2.32. The minimum Gasteiger partial charge on any atom is -0.495 e. The molecule has 1 aromatic heterocycles. The fourth-order valence-electron chi connectivity index (χ4n) is 4.21. The van der Waals surface area contributed by atoms with Gasteiger partial charge in [-0.2, -0.15) is 4.31 Å². The fourth-order valence-corrected chi connectivity index (χ4v) is 6.65. The van der Waals surface area contributed by atoms with Gasteiger partial charge in [-0.25, -0.2) is 13.4 Å². The lowest BCUT2D eigenvalue weighted by Gasteiger charge is -2.41. The van der Waals surface area contributed by atoms with Gasteiger partial charge in [-0.1, -0.05) is 22.9 Å². The van der Waals surface area contributed by atoms with Crippen LogP contribution in [0, 0.1) is 0 Å². The molecule has 0 saturated carbocycles. The van der Waals surface area contributed by atoms with E-state index >= 15 is 0 Å². The van der Waals surface area contributed by atoms with Crippen molar-refractivity contribution >= 4 is 33.0 Å². The van der Waals surface area contributed by atoms with E-state index in [0.29, 0.717) is 29.9 Å². The SMILES string of the molecule is COc1ccc(Cl)cc1S(=O)(=O)N1CCC(N2CCC(Oc3nccs3)CC2)CC1. The van der Waals surface area contributed by atoms with Crippen LogP contribution in [0.1, 0.15) is 25.7 Å². The molecule has 30 heavy (non-hydrogen) atoms. The monoisotopic (exact) mass is 471 g/mol. The molecule has 0 aliphatic carbocycles. The maximum Gasteiger partial charge on any atom is 0.273 e. The molecule has 10 heteroatoms. The Kier molecular flexibility index (Phi) is 6.84. The Labute approximate surface area is 186 Å². The van der Waals surface area contributed by atoms with Gasteiger partial charge in [0, 0.05) is 48.8 Å². The first-order chi connectivity index (χ1) is 14.5. The number of benzene rings is 1. The highest BCUT2D eigenvalue weighted by molar-refractivity contribution is 7.89. The average Bonchev–Trinajstić information content (AvgIpc) is 3.27. The number of ether oxygens (including phenoxy) is 2. The van der Waals surface area contributed by atoms with E-state index in [1.165, 1.54) is 24.5 Å². The predicted octanol–water partition coefficient (Wildman–Crippen LogP) is 3.50. The minimum absolute atomic E-state index is 0.135. The van der Waals surface area contributed by atoms with E-state index in [2.05, 4.69) is 9.88 Å². The predicted molar refractivity (Wildman–Crippen MR) is 117 cm³/mol. The molecule has 0 amide bonds. The number of thiazole rings is 1. The van der Waals surface area contributed by atoms with Crippen LogP contribution >= 0.6 is 22.9 Å². The number of rotatable bonds is 6. The van der Waals surface area contributed by atoms with Gasteiger partial charge in [0.05, 0.1) is 7.11 Å². The molecule has 4 rings (SSSR count). The smallest absolute Gasteiger partial charge is 0.273 e. The van der Waals surface area contributed by atoms with Crippen LogP contribution in [0.5, 0.6) is 10.9 Å². The highest BCUT2D eigenvalue weighted by atomic mass is 35.5. The van der Waals surface area contributed by atoms with Gasteiger partial charge in [0.15, 0.2) is 0 Å². The maximum absolute atomic E-state index is 13.1. The quantitative estimate of drug-likeness (QED) is 0.642. The molecule has 0 bridgehead atoms. The zero-order valence-corrected chi connectivity index (χ0v) is 19.3. The summed E-state index contributed by atoms with van der Waals surface area (Å²) in [6, 6.07) is 5.10. The number of sulfonamides is 1. The van der Waals surface area contributed by atoms with Crippen molar-refractivity contribution in [1.29, 1.82) is 0 Å². The van der Waals surface area contributed by atoms with Gasteiger partial charge in [0.1, 0.15) is 16.7 Å². The van der Waals surface area contributed by atoms with Gasteiger partial charge in [0.2, 0.25) is 10.0 Å². The summed E-state index contributed by atoms with van der Waals surface area (Å²) in [5.41, 5.74) is 0. The zero-order valence-electron chi connectivity index (χ0n) is 16.9. The molecule has 3 heterocycles. The Morgan fingerprint density at radius 1 is 1.13 bits per heavy atom. The number of nitrogens with zero attached hydrogens (tertiary/aromatic N) is 3. The van der Waals surface area contributed by atoms with E-state index in [1.54, 1.807) is 22.6 Å². The Hall–Kier alpha value is -1.39. The highest BCUT2D eigenvalue weighted by Gasteiger charge is 2.34. The average molecular weight is 472 g/mol. The molecule has 164 valence electrons. The van der Waals surface area contributed by atoms with Crippen LogP contribution in [0.3, 0.4) is 0 Å². The van der Waals surface area contributed by atoms with E-state index in [4.69, 9.17) is 21.1 Å². The molecular formula is C20H26ClN3O4S2. The van der Waals surface area contributed by atoms with Crippen molar-refractivity contribution in [3.05, 3.63) is 34.8 Å². The summed E-state index contributed by atoms with van der Waals surface area (Å²) in [7, 11) is -2.17. The molecule has 2 fully saturated rings. The molecule has 0 radical (unpaired) electrons. The van der Waals surface area contributed by atoms with Crippen LogP contribution < -0.4 is 9.47 Å². The molecule has 0 spiro atoms. The second-order valence-corrected chi connectivity index (χ2v) is 10.8. The van der Waals surface area contributed by atoms with Crippen molar-refractivity contribution in [3.8, 4) is 10.9 Å². The molecule has 0 N–H and O–H groups in total. The summed E-state index contributed by atoms with van der Waals surface area (Å²) >= 11 is 7.56. The lowest BCUT2D eigenvalue weighted by atomic mass is 10.00. The van der Waals surface area contributed by atoms with Crippen LogP contribution in [0.4, 0.5) is 0 Å². The third kappa shape index (κ3) is 4.75. The first kappa shape index (κ1) is 21.8. The normalized spacial score (nSPS) is 20.3. The lowest BCUT2D eigenvalue weighted by molar-refractivity contribution is 0.0584. The number of methoxy groups -OCH3 is 1. The van der Waals surface area contributed by atoms with E-state index in [-0.39, 0.29) is 11.0 Å². The summed E-state index contributed by atoms with van der Waals surface area (Å²) in [5, 5.41) is 3.04. The molecule has 1 aromatic carbocycles. The first-order valence-electron chi connectivity index (χ1n) is 10.1. The third-order valence-electron chi connectivity index (χ3n) is 5.84. The van der Waals surface area contributed by atoms with Gasteiger partial charge < -0.3 is 14.4 Å². The minimum atomic E-state index is -3.64. The van der Waals surface area contributed by atoms with Crippen molar-refractivity contribution in [3.63, 3.8) is 0 Å². The van der Waals surface area contributed by atoms with Crippen molar-refractivity contribution in [2.75, 3.05) is 33.3 Å². The Balaban J connectivity index is 1.32. The van der Waals surface area contributed by atoms with Gasteiger partial charge in [-0.15, -0.1) is 0 Å². The van der Waals surface area contributed by atoms with Gasteiger partial charge >= 0.3 is 0 Å². The number of piperidine rings is 2. The molecule has 2 saturated heterocycles. The molecule has 7 nitrogen and oxygen atoms in total. The summed E-state index contributed by atoms with van der Waals surface area (Å²) in [5.74, 6) is 0.323. The summed E-state index contributed by atoms with van der Waals surface area (Å²) in [6.07, 6.45) is 5.55. The second-order valence-electron chi connectivity index (χ2n) is 7.58. The van der Waals surface area contributed by atoms with Crippen LogP contribution in [-0.2, 0) is 10.0 Å². The van der Waals surface area contributed by atoms with Crippen LogP contribution in [0.2, 0.25) is 5.02 Å². The molecule has 0 unspecified atom stereocenters. The number of hydrogen-bond donors (Lipinski definition) is 0. The lowest BCUT2D eigenvalue weighted by Crippen LogP contribution is -2.50. The molecule has 0 atom stereocenters. The Bertz CT molecular complexity index is 939. The van der Waals surface area contributed by atoms with Crippen LogP contribution in [-0.4, -0.2) is 68.0 Å². The molecule has 2 aliphatic heterocycles. The summed E-state index contributed by atoms with van der Waals surface area (Å²) in [4.78, 5) is 6.81. The van der Waals surface area contributed by atoms with E-state index in [1.807, 2.05) is 5.38 Å². The van der Waals surface area contributed by atoms with Crippen LogP contribution in [0.15, 0.2) is 34.7 Å². The van der Waals surface area contributed by atoms with E-state index in [9.17, 15) is 8.42 Å². The largest absolute Gasteiger partial charge is 0.495 e. The Morgan fingerprint density at radius 3 is 2.50 bits per heavy atom. The van der Waals surface area contributed by atoms with Crippen molar-refractivity contribution in [2.24, 2.45) is 0 Å². The fraction of sp³-hybridized carbons (Fsp3) is 0.550. The zero-order chi connectivity index (χ0) is 21.1. The molecule has 2 aliphatic rings. The van der Waals surface area contributed by atoms with E-state index in [0.717, 1.165) is 44.0 Å². The molecule has 2 aromatic rings. The van der Waals surface area contributed by atoms with Gasteiger partial charge in [0.25, 0.3) is 5.19 Å². The number of halogens is 1. The third-order valence-corrected chi connectivity index (χ3v) is 8.65. The number of aromatic nitrogens is 1. The second kappa shape index (κ2) is 9.40. The Morgan fingerprint density at radius 2 is 1.87 bits per heavy atom. The van der Waals surface area contributed by atoms with Crippen molar-refractivity contribution in [2.45, 2.75) is 42.7 Å². The van der Waals surface area contributed by atoms with E-state index < -0.39 is 10.0 Å². The topological polar surface area (TPSA) is 72.0 Å². The standard InChI is InChI=1S/C20H26ClN3O4S2/c1-27-18-3-2-15(21)14-19(18)30(25,26)24-11-4-16(5-12-24)23-9-6-17(7-10-23)28-20-22-8-13-29-20/h2-3,8,13-14,16-17H,4-7,9-12H2,1H3. The van der Waals surface area contributed by atoms with Crippen LogP contribution in [0.25, 0.3) is 0 Å². The van der Waals surface area contributed by atoms with Gasteiger partial charge in [-0.3, -0.25) is 0 Å². The number of likely N-dealkylation sites (tertiary alicyclic amines) is 1.